The lowest BCUT2D eigenvalue weighted by molar-refractivity contribution is -0.0518. The highest BCUT2D eigenvalue weighted by Crippen LogP contribution is 2.39. The molecule has 0 aromatic carbocycles. The van der Waals surface area contributed by atoms with Crippen LogP contribution in [-0.4, -0.2) is 22.4 Å². The van der Waals surface area contributed by atoms with E-state index in [1.54, 1.807) is 0 Å². The van der Waals surface area contributed by atoms with Crippen molar-refractivity contribution >= 4 is 0 Å². The van der Waals surface area contributed by atoms with Crippen molar-refractivity contribution in [1.29, 1.82) is 0 Å². The van der Waals surface area contributed by atoms with Crippen LogP contribution in [0.1, 0.15) is 33.1 Å². The van der Waals surface area contributed by atoms with Crippen LogP contribution < -0.4 is 0 Å². The van der Waals surface area contributed by atoms with Crippen LogP contribution >= 0.6 is 0 Å². The minimum Gasteiger partial charge on any atom is -0.393 e. The van der Waals surface area contributed by atoms with Gasteiger partial charge >= 0.3 is 0 Å². The van der Waals surface area contributed by atoms with Crippen molar-refractivity contribution < 1.29 is 10.2 Å². The van der Waals surface area contributed by atoms with Crippen molar-refractivity contribution in [2.24, 2.45) is 11.8 Å². The average molecular weight is 158 g/mol. The molecule has 4 atom stereocenters. The van der Waals surface area contributed by atoms with E-state index >= 15 is 0 Å². The van der Waals surface area contributed by atoms with Gasteiger partial charge in [0.25, 0.3) is 0 Å². The predicted molar refractivity (Wildman–Crippen MR) is 44.2 cm³/mol. The number of rotatable bonds is 3. The summed E-state index contributed by atoms with van der Waals surface area (Å²) in [5.74, 6) is 1.01. The first kappa shape index (κ1) is 9.01. The fraction of sp³-hybridized carbons (Fsp3) is 1.00. The van der Waals surface area contributed by atoms with Gasteiger partial charge < -0.3 is 10.2 Å². The van der Waals surface area contributed by atoms with Gasteiger partial charge in [-0.05, 0) is 31.6 Å². The molecule has 1 aliphatic rings. The average Bonchev–Trinajstić information content (AvgIpc) is 1.86. The van der Waals surface area contributed by atoms with Crippen LogP contribution in [0.3, 0.4) is 0 Å². The maximum atomic E-state index is 9.31. The lowest BCUT2D eigenvalue weighted by atomic mass is 9.67. The summed E-state index contributed by atoms with van der Waals surface area (Å²) in [6.07, 6.45) is 2.49. The number of hydrogen-bond acceptors (Lipinski definition) is 2. The zero-order valence-corrected chi connectivity index (χ0v) is 7.33. The van der Waals surface area contributed by atoms with Crippen LogP contribution in [-0.2, 0) is 0 Å². The first-order valence-corrected chi connectivity index (χ1v) is 4.51. The smallest absolute Gasteiger partial charge is 0.0573 e. The second-order valence-electron chi connectivity index (χ2n) is 3.72. The first-order valence-electron chi connectivity index (χ1n) is 4.51. The summed E-state index contributed by atoms with van der Waals surface area (Å²) in [5.41, 5.74) is 0. The van der Waals surface area contributed by atoms with Gasteiger partial charge in [-0.3, -0.25) is 0 Å². The van der Waals surface area contributed by atoms with E-state index in [4.69, 9.17) is 5.11 Å². The third kappa shape index (κ3) is 1.94. The molecule has 0 amide bonds. The summed E-state index contributed by atoms with van der Waals surface area (Å²) in [6, 6.07) is 0. The van der Waals surface area contributed by atoms with Gasteiger partial charge in [0.05, 0.1) is 12.2 Å². The van der Waals surface area contributed by atoms with Gasteiger partial charge in [-0.15, -0.1) is 0 Å². The second-order valence-corrected chi connectivity index (χ2v) is 3.72. The Hall–Kier alpha value is -0.0800. The minimum absolute atomic E-state index is 0.0938. The second kappa shape index (κ2) is 3.55. The van der Waals surface area contributed by atoms with Gasteiger partial charge in [0.2, 0.25) is 0 Å². The molecular weight excluding hydrogens is 140 g/mol. The van der Waals surface area contributed by atoms with Crippen molar-refractivity contribution in [3.05, 3.63) is 0 Å². The monoisotopic (exact) mass is 158 g/mol. The van der Waals surface area contributed by atoms with E-state index in [1.807, 2.05) is 6.92 Å². The Kier molecular flexibility index (Phi) is 2.90. The number of aliphatic hydroxyl groups excluding tert-OH is 2. The Balaban J connectivity index is 2.27. The molecule has 0 bridgehead atoms. The van der Waals surface area contributed by atoms with Gasteiger partial charge in [0.15, 0.2) is 0 Å². The van der Waals surface area contributed by atoms with Crippen molar-refractivity contribution in [3.8, 4) is 0 Å². The Labute approximate surface area is 68.2 Å². The Morgan fingerprint density at radius 3 is 2.55 bits per heavy atom. The van der Waals surface area contributed by atoms with E-state index in [-0.39, 0.29) is 12.2 Å². The van der Waals surface area contributed by atoms with Crippen molar-refractivity contribution in [2.45, 2.75) is 45.3 Å². The third-order valence-electron chi connectivity index (χ3n) is 2.76. The molecule has 4 unspecified atom stereocenters. The molecule has 1 saturated carbocycles. The molecule has 1 rings (SSSR count). The molecule has 2 heteroatoms. The highest BCUT2D eigenvalue weighted by molar-refractivity contribution is 4.88. The Morgan fingerprint density at radius 1 is 1.55 bits per heavy atom. The highest BCUT2D eigenvalue weighted by Gasteiger charge is 2.38. The lowest BCUT2D eigenvalue weighted by Gasteiger charge is -2.42. The SMILES string of the molecule is CCC1C(O)CC1CC(C)O. The van der Waals surface area contributed by atoms with Crippen LogP contribution in [0.4, 0.5) is 0 Å². The molecule has 0 aliphatic heterocycles. The molecule has 0 spiro atoms. The quantitative estimate of drug-likeness (QED) is 0.647. The summed E-state index contributed by atoms with van der Waals surface area (Å²) in [7, 11) is 0. The highest BCUT2D eigenvalue weighted by atomic mass is 16.3. The van der Waals surface area contributed by atoms with E-state index < -0.39 is 0 Å². The fourth-order valence-electron chi connectivity index (χ4n) is 2.09. The molecule has 0 saturated heterocycles. The topological polar surface area (TPSA) is 40.5 Å². The summed E-state index contributed by atoms with van der Waals surface area (Å²) < 4.78 is 0. The Bertz CT molecular complexity index is 123. The van der Waals surface area contributed by atoms with Gasteiger partial charge in [-0.1, -0.05) is 13.3 Å². The number of aliphatic hydroxyl groups is 2. The third-order valence-corrected chi connectivity index (χ3v) is 2.76. The van der Waals surface area contributed by atoms with Crippen molar-refractivity contribution in [3.63, 3.8) is 0 Å². The lowest BCUT2D eigenvalue weighted by Crippen LogP contribution is -2.42. The van der Waals surface area contributed by atoms with E-state index in [0.717, 1.165) is 19.3 Å². The van der Waals surface area contributed by atoms with Crippen LogP contribution in [0.25, 0.3) is 0 Å². The first-order chi connectivity index (χ1) is 5.15. The molecule has 11 heavy (non-hydrogen) atoms. The molecule has 66 valence electrons. The maximum absolute atomic E-state index is 9.31. The molecule has 2 nitrogen and oxygen atoms in total. The van der Waals surface area contributed by atoms with Crippen molar-refractivity contribution in [2.75, 3.05) is 0 Å². The summed E-state index contributed by atoms with van der Waals surface area (Å²) in [4.78, 5) is 0. The summed E-state index contributed by atoms with van der Waals surface area (Å²) in [6.45, 7) is 3.92. The standard InChI is InChI=1S/C9H18O2/c1-3-8-7(4-6(2)10)5-9(8)11/h6-11H,3-5H2,1-2H3. The van der Waals surface area contributed by atoms with Crippen molar-refractivity contribution in [1.82, 2.24) is 0 Å². The van der Waals surface area contributed by atoms with Gasteiger partial charge in [0, 0.05) is 0 Å². The summed E-state index contributed by atoms with van der Waals surface area (Å²) >= 11 is 0. The summed E-state index contributed by atoms with van der Waals surface area (Å²) in [5, 5.41) is 18.4. The van der Waals surface area contributed by atoms with E-state index in [9.17, 15) is 5.11 Å². The van der Waals surface area contributed by atoms with E-state index in [2.05, 4.69) is 6.92 Å². The van der Waals surface area contributed by atoms with Crippen LogP contribution in [0.5, 0.6) is 0 Å². The molecule has 1 aliphatic carbocycles. The molecule has 2 N–H and O–H groups in total. The minimum atomic E-state index is -0.207. The zero-order chi connectivity index (χ0) is 8.43. The molecule has 0 radical (unpaired) electrons. The van der Waals surface area contributed by atoms with E-state index in [0.29, 0.717) is 11.8 Å². The zero-order valence-electron chi connectivity index (χ0n) is 7.33. The van der Waals surface area contributed by atoms with Crippen LogP contribution in [0, 0.1) is 11.8 Å². The normalized spacial score (nSPS) is 39.8. The fourth-order valence-corrected chi connectivity index (χ4v) is 2.09. The molecule has 0 heterocycles. The molecule has 1 fully saturated rings. The predicted octanol–water partition coefficient (Wildman–Crippen LogP) is 1.16. The van der Waals surface area contributed by atoms with E-state index in [1.165, 1.54) is 0 Å². The molecule has 0 aromatic rings. The molecular formula is C9H18O2. The van der Waals surface area contributed by atoms with Crippen LogP contribution in [0.2, 0.25) is 0 Å². The number of hydrogen-bond donors (Lipinski definition) is 2. The molecule has 0 aromatic heterocycles. The largest absolute Gasteiger partial charge is 0.393 e. The maximum Gasteiger partial charge on any atom is 0.0573 e. The van der Waals surface area contributed by atoms with Gasteiger partial charge in [-0.2, -0.15) is 0 Å². The van der Waals surface area contributed by atoms with Crippen LogP contribution in [0.15, 0.2) is 0 Å². The van der Waals surface area contributed by atoms with Gasteiger partial charge in [0.1, 0.15) is 0 Å². The Morgan fingerprint density at radius 2 is 2.18 bits per heavy atom. The van der Waals surface area contributed by atoms with Gasteiger partial charge in [-0.25, -0.2) is 0 Å².